The molecule has 1 aliphatic heterocycles. The van der Waals surface area contributed by atoms with E-state index in [9.17, 15) is 0 Å². The van der Waals surface area contributed by atoms with Crippen molar-refractivity contribution in [2.45, 2.75) is 19.4 Å². The second-order valence-electron chi connectivity index (χ2n) is 5.15. The van der Waals surface area contributed by atoms with Crippen LogP contribution in [0.25, 0.3) is 11.5 Å². The van der Waals surface area contributed by atoms with Crippen LogP contribution in [-0.2, 0) is 0 Å². The minimum atomic E-state index is 0.242. The molecule has 21 heavy (non-hydrogen) atoms. The normalized spacial score (nSPS) is 17.8. The first-order valence-corrected chi connectivity index (χ1v) is 8.40. The first kappa shape index (κ1) is 14.9. The Labute approximate surface area is 138 Å². The van der Waals surface area contributed by atoms with Crippen molar-refractivity contribution in [1.29, 1.82) is 0 Å². The number of nitrogens with one attached hydrogen (secondary N) is 1. The fourth-order valence-electron chi connectivity index (χ4n) is 2.71. The fraction of sp³-hybridized carbons (Fsp3) is 0.467. The van der Waals surface area contributed by atoms with Gasteiger partial charge in [0.1, 0.15) is 0 Å². The average Bonchev–Trinajstić information content (AvgIpc) is 2.99. The van der Waals surface area contributed by atoms with Crippen molar-refractivity contribution in [3.8, 4) is 11.5 Å². The van der Waals surface area contributed by atoms with Crippen LogP contribution in [0.15, 0.2) is 28.8 Å². The highest BCUT2D eigenvalue weighted by Gasteiger charge is 2.25. The van der Waals surface area contributed by atoms with Gasteiger partial charge in [0.15, 0.2) is 5.82 Å². The summed E-state index contributed by atoms with van der Waals surface area (Å²) in [4.78, 5) is 7.07. The molecule has 0 radical (unpaired) electrons. The summed E-state index contributed by atoms with van der Waals surface area (Å²) in [5.74, 6) is 1.41. The maximum atomic E-state index is 5.50. The molecule has 6 heteroatoms. The Kier molecular flexibility index (Phi) is 4.87. The van der Waals surface area contributed by atoms with Crippen LogP contribution in [0.2, 0.25) is 0 Å². The van der Waals surface area contributed by atoms with Crippen LogP contribution in [0.3, 0.4) is 0 Å². The van der Waals surface area contributed by atoms with Crippen LogP contribution in [0, 0.1) is 3.57 Å². The van der Waals surface area contributed by atoms with Crippen molar-refractivity contribution >= 4 is 22.6 Å². The lowest BCUT2D eigenvalue weighted by molar-refractivity contribution is 0.160. The molecule has 1 fully saturated rings. The van der Waals surface area contributed by atoms with Crippen molar-refractivity contribution < 1.29 is 4.52 Å². The van der Waals surface area contributed by atoms with Gasteiger partial charge < -0.3 is 9.84 Å². The molecule has 5 nitrogen and oxygen atoms in total. The number of piperazine rings is 1. The summed E-state index contributed by atoms with van der Waals surface area (Å²) >= 11 is 2.30. The predicted molar refractivity (Wildman–Crippen MR) is 89.9 cm³/mol. The number of hydrogen-bond acceptors (Lipinski definition) is 5. The molecular formula is C15H19IN4O. The third kappa shape index (κ3) is 3.27. The standard InChI is InChI=1S/C15H19IN4O/c1-2-13(20-9-7-17-8-10-20)14-18-15(21-19-14)11-5-3-4-6-12(11)16/h3-6,13,17H,2,7-10H2,1H3. The molecule has 1 unspecified atom stereocenters. The molecule has 1 aromatic carbocycles. The van der Waals surface area contributed by atoms with Gasteiger partial charge in [-0.25, -0.2) is 0 Å². The number of benzene rings is 1. The molecular weight excluding hydrogens is 379 g/mol. The molecule has 1 N–H and O–H groups in total. The second kappa shape index (κ2) is 6.85. The van der Waals surface area contributed by atoms with Crippen LogP contribution in [0.1, 0.15) is 25.2 Å². The van der Waals surface area contributed by atoms with Gasteiger partial charge >= 0.3 is 0 Å². The summed E-state index contributed by atoms with van der Waals surface area (Å²) in [6, 6.07) is 8.32. The molecule has 0 saturated carbocycles. The van der Waals surface area contributed by atoms with Crippen molar-refractivity contribution in [3.63, 3.8) is 0 Å². The Morgan fingerprint density at radius 3 is 2.81 bits per heavy atom. The molecule has 2 heterocycles. The summed E-state index contributed by atoms with van der Waals surface area (Å²) < 4.78 is 6.62. The fourth-order valence-corrected chi connectivity index (χ4v) is 3.33. The van der Waals surface area contributed by atoms with E-state index in [0.29, 0.717) is 5.89 Å². The van der Waals surface area contributed by atoms with E-state index in [0.717, 1.165) is 47.6 Å². The second-order valence-corrected chi connectivity index (χ2v) is 6.31. The molecule has 1 aromatic heterocycles. The minimum Gasteiger partial charge on any atom is -0.334 e. The summed E-state index contributed by atoms with van der Waals surface area (Å²) in [5.41, 5.74) is 1.01. The van der Waals surface area contributed by atoms with Gasteiger partial charge in [-0.2, -0.15) is 4.98 Å². The van der Waals surface area contributed by atoms with E-state index in [1.54, 1.807) is 0 Å². The molecule has 0 aliphatic carbocycles. The van der Waals surface area contributed by atoms with Crippen LogP contribution in [-0.4, -0.2) is 41.2 Å². The van der Waals surface area contributed by atoms with Gasteiger partial charge in [0.25, 0.3) is 5.89 Å². The average molecular weight is 398 g/mol. The Morgan fingerprint density at radius 2 is 2.10 bits per heavy atom. The molecule has 0 bridgehead atoms. The van der Waals surface area contributed by atoms with E-state index in [-0.39, 0.29) is 6.04 Å². The molecule has 1 atom stereocenters. The van der Waals surface area contributed by atoms with Crippen LogP contribution < -0.4 is 5.32 Å². The lowest BCUT2D eigenvalue weighted by Gasteiger charge is -2.32. The Hall–Kier alpha value is -0.990. The molecule has 2 aromatic rings. The Bertz CT molecular complexity index is 595. The number of rotatable bonds is 4. The van der Waals surface area contributed by atoms with Crippen molar-refractivity contribution in [3.05, 3.63) is 33.7 Å². The van der Waals surface area contributed by atoms with E-state index in [2.05, 4.69) is 49.9 Å². The monoisotopic (exact) mass is 398 g/mol. The molecule has 3 rings (SSSR count). The zero-order valence-corrected chi connectivity index (χ0v) is 14.2. The number of nitrogens with zero attached hydrogens (tertiary/aromatic N) is 3. The van der Waals surface area contributed by atoms with Crippen LogP contribution in [0.4, 0.5) is 0 Å². The van der Waals surface area contributed by atoms with Gasteiger partial charge in [0.05, 0.1) is 11.6 Å². The quantitative estimate of drug-likeness (QED) is 0.803. The van der Waals surface area contributed by atoms with E-state index < -0.39 is 0 Å². The van der Waals surface area contributed by atoms with Gasteiger partial charge in [-0.05, 0) is 41.1 Å². The third-order valence-electron chi connectivity index (χ3n) is 3.82. The van der Waals surface area contributed by atoms with Crippen LogP contribution >= 0.6 is 22.6 Å². The smallest absolute Gasteiger partial charge is 0.259 e. The van der Waals surface area contributed by atoms with Crippen LogP contribution in [0.5, 0.6) is 0 Å². The zero-order valence-electron chi connectivity index (χ0n) is 12.1. The Balaban J connectivity index is 1.84. The lowest BCUT2D eigenvalue weighted by atomic mass is 10.1. The maximum Gasteiger partial charge on any atom is 0.259 e. The molecule has 0 amide bonds. The molecule has 0 spiro atoms. The molecule has 112 valence electrons. The van der Waals surface area contributed by atoms with E-state index in [1.165, 1.54) is 0 Å². The Morgan fingerprint density at radius 1 is 1.33 bits per heavy atom. The lowest BCUT2D eigenvalue weighted by Crippen LogP contribution is -2.45. The highest BCUT2D eigenvalue weighted by Crippen LogP contribution is 2.27. The third-order valence-corrected chi connectivity index (χ3v) is 4.76. The number of hydrogen-bond donors (Lipinski definition) is 1. The minimum absolute atomic E-state index is 0.242. The van der Waals surface area contributed by atoms with E-state index in [4.69, 9.17) is 4.52 Å². The first-order valence-electron chi connectivity index (χ1n) is 7.33. The van der Waals surface area contributed by atoms with Gasteiger partial charge in [0, 0.05) is 29.7 Å². The summed E-state index contributed by atoms with van der Waals surface area (Å²) in [6.45, 7) is 6.29. The van der Waals surface area contributed by atoms with Crippen molar-refractivity contribution in [1.82, 2.24) is 20.4 Å². The van der Waals surface area contributed by atoms with E-state index >= 15 is 0 Å². The molecule has 1 aliphatic rings. The topological polar surface area (TPSA) is 54.2 Å². The van der Waals surface area contributed by atoms with E-state index in [1.807, 2.05) is 24.3 Å². The highest BCUT2D eigenvalue weighted by molar-refractivity contribution is 14.1. The first-order chi connectivity index (χ1) is 10.3. The predicted octanol–water partition coefficient (Wildman–Crippen LogP) is 2.70. The summed E-state index contributed by atoms with van der Waals surface area (Å²) in [7, 11) is 0. The van der Waals surface area contributed by atoms with Crippen molar-refractivity contribution in [2.75, 3.05) is 26.2 Å². The molecule has 1 saturated heterocycles. The summed E-state index contributed by atoms with van der Waals surface area (Å²) in [6.07, 6.45) is 0.991. The zero-order chi connectivity index (χ0) is 14.7. The number of aromatic nitrogens is 2. The number of halogens is 1. The SMILES string of the molecule is CCC(c1noc(-c2ccccc2I)n1)N1CCNCC1. The highest BCUT2D eigenvalue weighted by atomic mass is 127. The van der Waals surface area contributed by atoms with Gasteiger partial charge in [-0.3, -0.25) is 4.90 Å². The van der Waals surface area contributed by atoms with Crippen molar-refractivity contribution in [2.24, 2.45) is 0 Å². The summed E-state index contributed by atoms with van der Waals surface area (Å²) in [5, 5.41) is 7.61. The van der Waals surface area contributed by atoms with Gasteiger partial charge in [0.2, 0.25) is 0 Å². The largest absolute Gasteiger partial charge is 0.334 e. The maximum absolute atomic E-state index is 5.50. The van der Waals surface area contributed by atoms with Gasteiger partial charge in [-0.1, -0.05) is 24.2 Å². The van der Waals surface area contributed by atoms with Gasteiger partial charge in [-0.15, -0.1) is 0 Å².